The summed E-state index contributed by atoms with van der Waals surface area (Å²) in [5, 5.41) is 0. The van der Waals surface area contributed by atoms with Gasteiger partial charge in [-0.1, -0.05) is 0 Å². The summed E-state index contributed by atoms with van der Waals surface area (Å²) in [5.41, 5.74) is 0.580. The molecule has 3 heterocycles. The molecule has 0 aliphatic carbocycles. The minimum Gasteiger partial charge on any atom is -0.355 e. The van der Waals surface area contributed by atoms with Crippen LogP contribution in [-0.2, 0) is 9.84 Å². The third kappa shape index (κ3) is 3.84. The molecule has 1 saturated heterocycles. The lowest BCUT2D eigenvalue weighted by atomic mass is 9.90. The molecule has 0 bridgehead atoms. The minimum absolute atomic E-state index is 0.0319. The highest BCUT2D eigenvalue weighted by molar-refractivity contribution is 7.90. The molecule has 25 heavy (non-hydrogen) atoms. The Bertz CT molecular complexity index is 884. The Hall–Kier alpha value is -2.35. The van der Waals surface area contributed by atoms with Crippen molar-refractivity contribution in [3.8, 4) is 0 Å². The lowest BCUT2D eigenvalue weighted by Crippen LogP contribution is -2.40. The van der Waals surface area contributed by atoms with E-state index < -0.39 is 9.84 Å². The summed E-state index contributed by atoms with van der Waals surface area (Å²) in [6.07, 6.45) is 7.25. The van der Waals surface area contributed by atoms with Gasteiger partial charge in [0.05, 0.1) is 6.20 Å². The predicted octanol–water partition coefficient (Wildman–Crippen LogP) is 1.68. The van der Waals surface area contributed by atoms with Gasteiger partial charge < -0.3 is 4.90 Å². The van der Waals surface area contributed by atoms with E-state index in [2.05, 4.69) is 15.0 Å². The quantitative estimate of drug-likeness (QED) is 0.766. The zero-order valence-corrected chi connectivity index (χ0v) is 15.0. The second kappa shape index (κ2) is 6.87. The van der Waals surface area contributed by atoms with Gasteiger partial charge in [-0.25, -0.2) is 18.4 Å². The van der Waals surface area contributed by atoms with Crippen molar-refractivity contribution in [1.29, 1.82) is 0 Å². The van der Waals surface area contributed by atoms with Crippen molar-refractivity contribution >= 4 is 21.4 Å². The maximum Gasteiger partial charge on any atom is 0.180 e. The average Bonchev–Trinajstić information content (AvgIpc) is 2.61. The number of Topliss-reactive ketones (excluding diaryl/α,β-unsaturated/α-hetero) is 1. The molecule has 2 aromatic rings. The number of rotatable bonds is 4. The van der Waals surface area contributed by atoms with Crippen LogP contribution in [0.1, 0.15) is 29.0 Å². The van der Waals surface area contributed by atoms with E-state index in [0.717, 1.165) is 19.1 Å². The smallest absolute Gasteiger partial charge is 0.180 e. The third-order valence-corrected chi connectivity index (χ3v) is 5.38. The summed E-state index contributed by atoms with van der Waals surface area (Å²) in [4.78, 5) is 27.0. The topological polar surface area (TPSA) is 93.1 Å². The zero-order chi connectivity index (χ0) is 18.0. The van der Waals surface area contributed by atoms with Gasteiger partial charge in [-0.05, 0) is 31.9 Å². The van der Waals surface area contributed by atoms with Gasteiger partial charge >= 0.3 is 0 Å². The van der Waals surface area contributed by atoms with Crippen LogP contribution < -0.4 is 4.90 Å². The Kier molecular flexibility index (Phi) is 4.80. The van der Waals surface area contributed by atoms with E-state index in [1.165, 1.54) is 6.20 Å². The number of pyridine rings is 1. The summed E-state index contributed by atoms with van der Waals surface area (Å²) >= 11 is 0. The summed E-state index contributed by atoms with van der Waals surface area (Å²) in [7, 11) is -3.45. The fourth-order valence-electron chi connectivity index (χ4n) is 3.06. The number of piperidine rings is 1. The molecule has 7 nitrogen and oxygen atoms in total. The van der Waals surface area contributed by atoms with Gasteiger partial charge in [-0.2, -0.15) is 0 Å². The molecule has 0 N–H and O–H groups in total. The summed E-state index contributed by atoms with van der Waals surface area (Å²) in [6.45, 7) is 2.82. The number of hydrogen-bond acceptors (Lipinski definition) is 7. The monoisotopic (exact) mass is 360 g/mol. The Labute approximate surface area is 147 Å². The van der Waals surface area contributed by atoms with E-state index in [1.807, 2.05) is 4.90 Å². The highest BCUT2D eigenvalue weighted by atomic mass is 32.2. The average molecular weight is 360 g/mol. The van der Waals surface area contributed by atoms with Gasteiger partial charge in [0.25, 0.3) is 0 Å². The third-order valence-electron chi connectivity index (χ3n) is 4.29. The van der Waals surface area contributed by atoms with Crippen LogP contribution in [0.5, 0.6) is 0 Å². The Morgan fingerprint density at radius 1 is 1.32 bits per heavy atom. The first-order valence-electron chi connectivity index (χ1n) is 8.09. The largest absolute Gasteiger partial charge is 0.355 e. The molecule has 8 heteroatoms. The molecule has 1 fully saturated rings. The number of aryl methyl sites for hydroxylation is 1. The van der Waals surface area contributed by atoms with Crippen molar-refractivity contribution in [3.05, 3.63) is 42.1 Å². The zero-order valence-electron chi connectivity index (χ0n) is 14.2. The number of carbonyl (C=O) groups is 1. The van der Waals surface area contributed by atoms with Gasteiger partial charge in [0.1, 0.15) is 10.7 Å². The lowest BCUT2D eigenvalue weighted by Gasteiger charge is -2.33. The Balaban J connectivity index is 1.90. The van der Waals surface area contributed by atoms with Crippen molar-refractivity contribution in [2.24, 2.45) is 5.92 Å². The first kappa shape index (κ1) is 17.5. The molecule has 0 spiro atoms. The number of carbonyl (C=O) groups excluding carboxylic acids is 1. The maximum atomic E-state index is 12.7. The highest BCUT2D eigenvalue weighted by Gasteiger charge is 2.30. The van der Waals surface area contributed by atoms with E-state index in [4.69, 9.17) is 0 Å². The first-order chi connectivity index (χ1) is 11.9. The van der Waals surface area contributed by atoms with E-state index in [9.17, 15) is 13.2 Å². The second-order valence-corrected chi connectivity index (χ2v) is 8.25. The molecule has 132 valence electrons. The molecular weight excluding hydrogens is 340 g/mol. The Morgan fingerprint density at radius 3 is 2.80 bits per heavy atom. The van der Waals surface area contributed by atoms with Crippen LogP contribution in [0.3, 0.4) is 0 Å². The van der Waals surface area contributed by atoms with E-state index in [0.29, 0.717) is 30.3 Å². The number of ketones is 1. The molecule has 0 amide bonds. The number of anilines is 1. The molecule has 0 saturated carbocycles. The SMILES string of the molecule is Cc1ncc(S(C)(=O)=O)c(N2CCC[C@@H](C(=O)c3cccnc3)C2)n1. The van der Waals surface area contributed by atoms with E-state index in [1.54, 1.807) is 31.5 Å². The fourth-order valence-corrected chi connectivity index (χ4v) is 3.81. The molecule has 0 aromatic carbocycles. The normalized spacial score (nSPS) is 18.2. The molecular formula is C17H20N4O3S. The molecule has 1 atom stereocenters. The number of aromatic nitrogens is 3. The van der Waals surface area contributed by atoms with Gasteiger partial charge in [0, 0.05) is 43.2 Å². The van der Waals surface area contributed by atoms with Crippen LogP contribution in [0.2, 0.25) is 0 Å². The van der Waals surface area contributed by atoms with Crippen molar-refractivity contribution < 1.29 is 13.2 Å². The molecule has 2 aromatic heterocycles. The van der Waals surface area contributed by atoms with Crippen molar-refractivity contribution in [2.45, 2.75) is 24.7 Å². The van der Waals surface area contributed by atoms with Crippen LogP contribution >= 0.6 is 0 Å². The second-order valence-electron chi connectivity index (χ2n) is 6.27. The molecule has 0 radical (unpaired) electrons. The molecule has 1 aliphatic rings. The lowest BCUT2D eigenvalue weighted by molar-refractivity contribution is 0.0906. The number of hydrogen-bond donors (Lipinski definition) is 0. The molecule has 3 rings (SSSR count). The van der Waals surface area contributed by atoms with Gasteiger partial charge in [0.15, 0.2) is 21.4 Å². The van der Waals surface area contributed by atoms with Crippen LogP contribution in [0.25, 0.3) is 0 Å². The summed E-state index contributed by atoms with van der Waals surface area (Å²) in [6, 6.07) is 3.49. The van der Waals surface area contributed by atoms with Crippen LogP contribution in [0.4, 0.5) is 5.82 Å². The van der Waals surface area contributed by atoms with Gasteiger partial charge in [-0.3, -0.25) is 9.78 Å². The summed E-state index contributed by atoms with van der Waals surface area (Å²) < 4.78 is 24.1. The van der Waals surface area contributed by atoms with Gasteiger partial charge in [0.2, 0.25) is 0 Å². The first-order valence-corrected chi connectivity index (χ1v) is 9.98. The van der Waals surface area contributed by atoms with E-state index >= 15 is 0 Å². The highest BCUT2D eigenvalue weighted by Crippen LogP contribution is 2.28. The van der Waals surface area contributed by atoms with Gasteiger partial charge in [-0.15, -0.1) is 0 Å². The fraction of sp³-hybridized carbons (Fsp3) is 0.412. The predicted molar refractivity (Wildman–Crippen MR) is 93.4 cm³/mol. The van der Waals surface area contributed by atoms with Crippen molar-refractivity contribution in [3.63, 3.8) is 0 Å². The van der Waals surface area contributed by atoms with Crippen LogP contribution in [-0.4, -0.2) is 48.5 Å². The van der Waals surface area contributed by atoms with E-state index in [-0.39, 0.29) is 16.6 Å². The molecule has 0 unspecified atom stereocenters. The maximum absolute atomic E-state index is 12.7. The molecule has 1 aliphatic heterocycles. The Morgan fingerprint density at radius 2 is 2.12 bits per heavy atom. The number of sulfone groups is 1. The number of nitrogens with zero attached hydrogens (tertiary/aromatic N) is 4. The van der Waals surface area contributed by atoms with Crippen molar-refractivity contribution in [2.75, 3.05) is 24.2 Å². The standard InChI is InChI=1S/C17H20N4O3S/c1-12-19-10-15(25(2,23)24)17(20-12)21-8-4-6-14(11-21)16(22)13-5-3-7-18-9-13/h3,5,7,9-10,14H,4,6,8,11H2,1-2H3/t14-/m1/s1. The van der Waals surface area contributed by atoms with Crippen molar-refractivity contribution in [1.82, 2.24) is 15.0 Å². The minimum atomic E-state index is -3.45. The van der Waals surface area contributed by atoms with Crippen LogP contribution in [0.15, 0.2) is 35.6 Å². The summed E-state index contributed by atoms with van der Waals surface area (Å²) in [5.74, 6) is 0.715. The van der Waals surface area contributed by atoms with Crippen LogP contribution in [0, 0.1) is 12.8 Å².